The predicted octanol–water partition coefficient (Wildman–Crippen LogP) is 3.41. The van der Waals surface area contributed by atoms with Crippen LogP contribution in [0.5, 0.6) is 0 Å². The average Bonchev–Trinajstić information content (AvgIpc) is 2.38. The molecule has 2 heteroatoms. The molecule has 18 heavy (non-hydrogen) atoms. The molecule has 0 saturated heterocycles. The van der Waals surface area contributed by atoms with Crippen molar-refractivity contribution in [3.63, 3.8) is 0 Å². The Balaban J connectivity index is 2.05. The van der Waals surface area contributed by atoms with Crippen molar-refractivity contribution in [1.82, 2.24) is 10.3 Å². The minimum Gasteiger partial charge on any atom is -0.302 e. The second kappa shape index (κ2) is 5.32. The van der Waals surface area contributed by atoms with E-state index in [1.54, 1.807) is 0 Å². The summed E-state index contributed by atoms with van der Waals surface area (Å²) in [6.07, 6.45) is 0. The zero-order valence-corrected chi connectivity index (χ0v) is 11.3. The second-order valence-corrected chi connectivity index (χ2v) is 5.11. The molecule has 94 valence electrons. The standard InChI is InChI=1S/C16H20N2/c1-13-8-7-11-15(18-13)12-17-16(2,3)14-9-5-4-6-10-14/h4-11,17H,12H2,1-3H3. The normalized spacial score (nSPS) is 11.5. The highest BCUT2D eigenvalue weighted by molar-refractivity contribution is 5.23. The van der Waals surface area contributed by atoms with Crippen molar-refractivity contribution >= 4 is 0 Å². The Labute approximate surface area is 109 Å². The van der Waals surface area contributed by atoms with Crippen LogP contribution in [-0.4, -0.2) is 4.98 Å². The molecule has 0 bridgehead atoms. The Hall–Kier alpha value is -1.67. The average molecular weight is 240 g/mol. The molecule has 0 aliphatic heterocycles. The van der Waals surface area contributed by atoms with Crippen molar-refractivity contribution in [1.29, 1.82) is 0 Å². The minimum atomic E-state index is -0.0489. The number of hydrogen-bond acceptors (Lipinski definition) is 2. The molecule has 0 radical (unpaired) electrons. The lowest BCUT2D eigenvalue weighted by atomic mass is 9.94. The van der Waals surface area contributed by atoms with E-state index in [9.17, 15) is 0 Å². The first kappa shape index (κ1) is 12.8. The second-order valence-electron chi connectivity index (χ2n) is 5.11. The van der Waals surface area contributed by atoms with Gasteiger partial charge in [-0.2, -0.15) is 0 Å². The van der Waals surface area contributed by atoms with Crippen LogP contribution in [0.3, 0.4) is 0 Å². The molecule has 2 rings (SSSR count). The van der Waals surface area contributed by atoms with Crippen molar-refractivity contribution in [2.75, 3.05) is 0 Å². The first-order valence-corrected chi connectivity index (χ1v) is 6.31. The quantitative estimate of drug-likeness (QED) is 0.885. The van der Waals surface area contributed by atoms with Gasteiger partial charge in [-0.05, 0) is 38.5 Å². The summed E-state index contributed by atoms with van der Waals surface area (Å²) < 4.78 is 0. The number of aryl methyl sites for hydroxylation is 1. The van der Waals surface area contributed by atoms with E-state index in [1.165, 1.54) is 5.56 Å². The number of rotatable bonds is 4. The molecule has 1 aromatic carbocycles. The molecule has 0 saturated carbocycles. The Bertz CT molecular complexity index is 504. The highest BCUT2D eigenvalue weighted by Crippen LogP contribution is 2.19. The number of nitrogens with one attached hydrogen (secondary N) is 1. The predicted molar refractivity (Wildman–Crippen MR) is 75.3 cm³/mol. The maximum absolute atomic E-state index is 4.51. The third-order valence-electron chi connectivity index (χ3n) is 3.15. The molecule has 2 aromatic rings. The smallest absolute Gasteiger partial charge is 0.0545 e. The van der Waals surface area contributed by atoms with Crippen LogP contribution < -0.4 is 5.32 Å². The fraction of sp³-hybridized carbons (Fsp3) is 0.312. The van der Waals surface area contributed by atoms with Crippen LogP contribution in [0.25, 0.3) is 0 Å². The number of nitrogens with zero attached hydrogens (tertiary/aromatic N) is 1. The van der Waals surface area contributed by atoms with E-state index in [2.05, 4.69) is 60.5 Å². The Morgan fingerprint density at radius 3 is 2.39 bits per heavy atom. The summed E-state index contributed by atoms with van der Waals surface area (Å²) in [4.78, 5) is 4.51. The summed E-state index contributed by atoms with van der Waals surface area (Å²) in [5.74, 6) is 0. The first-order valence-electron chi connectivity index (χ1n) is 6.31. The van der Waals surface area contributed by atoms with Gasteiger partial charge in [-0.3, -0.25) is 4.98 Å². The minimum absolute atomic E-state index is 0.0489. The molecule has 0 spiro atoms. The van der Waals surface area contributed by atoms with Gasteiger partial charge in [-0.15, -0.1) is 0 Å². The number of benzene rings is 1. The van der Waals surface area contributed by atoms with Gasteiger partial charge in [0.1, 0.15) is 0 Å². The van der Waals surface area contributed by atoms with Crippen LogP contribution in [-0.2, 0) is 12.1 Å². The molecule has 0 fully saturated rings. The lowest BCUT2D eigenvalue weighted by Gasteiger charge is -2.27. The first-order chi connectivity index (χ1) is 8.58. The van der Waals surface area contributed by atoms with E-state index in [0.29, 0.717) is 0 Å². The maximum atomic E-state index is 4.51. The van der Waals surface area contributed by atoms with Crippen molar-refractivity contribution in [2.45, 2.75) is 32.9 Å². The van der Waals surface area contributed by atoms with Gasteiger partial charge in [0.15, 0.2) is 0 Å². The van der Waals surface area contributed by atoms with Crippen molar-refractivity contribution in [3.8, 4) is 0 Å². The van der Waals surface area contributed by atoms with Gasteiger partial charge >= 0.3 is 0 Å². The number of pyridine rings is 1. The molecule has 0 amide bonds. The Kier molecular flexibility index (Phi) is 3.78. The fourth-order valence-electron chi connectivity index (χ4n) is 1.97. The van der Waals surface area contributed by atoms with Gasteiger partial charge in [-0.1, -0.05) is 36.4 Å². The third kappa shape index (κ3) is 3.17. The number of hydrogen-bond donors (Lipinski definition) is 1. The van der Waals surface area contributed by atoms with E-state index in [-0.39, 0.29) is 5.54 Å². The Morgan fingerprint density at radius 1 is 1.00 bits per heavy atom. The highest BCUT2D eigenvalue weighted by Gasteiger charge is 2.19. The molecule has 1 aromatic heterocycles. The molecule has 1 heterocycles. The van der Waals surface area contributed by atoms with Crippen molar-refractivity contribution in [2.24, 2.45) is 0 Å². The van der Waals surface area contributed by atoms with Gasteiger partial charge in [0.25, 0.3) is 0 Å². The van der Waals surface area contributed by atoms with Crippen LogP contribution in [0, 0.1) is 6.92 Å². The van der Waals surface area contributed by atoms with E-state index in [4.69, 9.17) is 0 Å². The zero-order chi connectivity index (χ0) is 13.0. The summed E-state index contributed by atoms with van der Waals surface area (Å²) in [6.45, 7) is 7.19. The van der Waals surface area contributed by atoms with Gasteiger partial charge < -0.3 is 5.32 Å². The fourth-order valence-corrected chi connectivity index (χ4v) is 1.97. The summed E-state index contributed by atoms with van der Waals surface area (Å²) in [6, 6.07) is 16.6. The molecule has 0 aliphatic carbocycles. The largest absolute Gasteiger partial charge is 0.302 e. The molecular weight excluding hydrogens is 220 g/mol. The topological polar surface area (TPSA) is 24.9 Å². The van der Waals surface area contributed by atoms with Crippen LogP contribution in [0.4, 0.5) is 0 Å². The summed E-state index contributed by atoms with van der Waals surface area (Å²) in [7, 11) is 0. The number of aromatic nitrogens is 1. The van der Waals surface area contributed by atoms with E-state index >= 15 is 0 Å². The molecule has 2 nitrogen and oxygen atoms in total. The van der Waals surface area contributed by atoms with Crippen molar-refractivity contribution in [3.05, 3.63) is 65.5 Å². The SMILES string of the molecule is Cc1cccc(CNC(C)(C)c2ccccc2)n1. The van der Waals surface area contributed by atoms with Crippen LogP contribution >= 0.6 is 0 Å². The van der Waals surface area contributed by atoms with Gasteiger partial charge in [-0.25, -0.2) is 0 Å². The monoisotopic (exact) mass is 240 g/mol. The van der Waals surface area contributed by atoms with Gasteiger partial charge in [0.05, 0.1) is 5.69 Å². The van der Waals surface area contributed by atoms with Gasteiger partial charge in [0.2, 0.25) is 0 Å². The summed E-state index contributed by atoms with van der Waals surface area (Å²) in [5.41, 5.74) is 3.38. The van der Waals surface area contributed by atoms with E-state index < -0.39 is 0 Å². The maximum Gasteiger partial charge on any atom is 0.0545 e. The molecule has 0 unspecified atom stereocenters. The summed E-state index contributed by atoms with van der Waals surface area (Å²) >= 11 is 0. The van der Waals surface area contributed by atoms with E-state index in [0.717, 1.165) is 17.9 Å². The molecule has 0 aliphatic rings. The highest BCUT2D eigenvalue weighted by atomic mass is 15.0. The Morgan fingerprint density at radius 2 is 1.72 bits per heavy atom. The van der Waals surface area contributed by atoms with Gasteiger partial charge in [0, 0.05) is 17.8 Å². The van der Waals surface area contributed by atoms with Crippen LogP contribution in [0.1, 0.15) is 30.8 Å². The molecular formula is C16H20N2. The molecule has 1 N–H and O–H groups in total. The van der Waals surface area contributed by atoms with Crippen LogP contribution in [0.2, 0.25) is 0 Å². The third-order valence-corrected chi connectivity index (χ3v) is 3.15. The molecule has 0 atom stereocenters. The lowest BCUT2D eigenvalue weighted by molar-refractivity contribution is 0.398. The van der Waals surface area contributed by atoms with Crippen LogP contribution in [0.15, 0.2) is 48.5 Å². The summed E-state index contributed by atoms with van der Waals surface area (Å²) in [5, 5.41) is 3.56. The zero-order valence-electron chi connectivity index (χ0n) is 11.3. The lowest BCUT2D eigenvalue weighted by Crippen LogP contribution is -2.36. The van der Waals surface area contributed by atoms with Crippen molar-refractivity contribution < 1.29 is 0 Å². The van der Waals surface area contributed by atoms with E-state index in [1.807, 2.05) is 19.1 Å².